The number of rotatable bonds is 4. The highest BCUT2D eigenvalue weighted by molar-refractivity contribution is 5.92. The van der Waals surface area contributed by atoms with Crippen molar-refractivity contribution in [3.05, 3.63) is 47.6 Å². The van der Waals surface area contributed by atoms with Gasteiger partial charge in [-0.05, 0) is 31.4 Å². The van der Waals surface area contributed by atoms with Crippen molar-refractivity contribution < 1.29 is 18.8 Å². The Balaban J connectivity index is 1.42. The van der Waals surface area contributed by atoms with Crippen LogP contribution in [0.5, 0.6) is 0 Å². The summed E-state index contributed by atoms with van der Waals surface area (Å²) in [6.07, 6.45) is 5.18. The minimum atomic E-state index is -0.0950. The molecule has 1 amide bonds. The Morgan fingerprint density at radius 1 is 1.44 bits per heavy atom. The number of amides is 1. The maximum absolute atomic E-state index is 12.7. The molecule has 2 fully saturated rings. The third-order valence-electron chi connectivity index (χ3n) is 4.83. The second-order valence-electron chi connectivity index (χ2n) is 6.51. The third-order valence-corrected chi connectivity index (χ3v) is 4.83. The predicted octanol–water partition coefficient (Wildman–Crippen LogP) is 1.97. The van der Waals surface area contributed by atoms with Crippen LogP contribution in [0.2, 0.25) is 0 Å². The summed E-state index contributed by atoms with van der Waals surface area (Å²) in [5.41, 5.74) is 1.39. The van der Waals surface area contributed by atoms with Gasteiger partial charge < -0.3 is 18.9 Å². The molecule has 0 N–H and O–H groups in total. The second-order valence-corrected chi connectivity index (χ2v) is 6.51. The molecule has 7 heteroatoms. The lowest BCUT2D eigenvalue weighted by molar-refractivity contribution is -0.108. The van der Waals surface area contributed by atoms with Crippen LogP contribution < -0.4 is 0 Å². The first-order valence-corrected chi connectivity index (χ1v) is 8.59. The number of ether oxygens (including phenoxy) is 2. The van der Waals surface area contributed by atoms with Crippen molar-refractivity contribution in [1.82, 2.24) is 15.0 Å². The summed E-state index contributed by atoms with van der Waals surface area (Å²) >= 11 is 0. The van der Waals surface area contributed by atoms with Crippen LogP contribution in [0.25, 0.3) is 0 Å². The summed E-state index contributed by atoms with van der Waals surface area (Å²) in [6.45, 7) is 3.36. The van der Waals surface area contributed by atoms with Crippen LogP contribution in [-0.4, -0.2) is 52.3 Å². The molecule has 2 aromatic heterocycles. The highest BCUT2D eigenvalue weighted by Crippen LogP contribution is 2.33. The monoisotopic (exact) mass is 343 g/mol. The van der Waals surface area contributed by atoms with E-state index in [1.165, 1.54) is 0 Å². The van der Waals surface area contributed by atoms with E-state index < -0.39 is 0 Å². The summed E-state index contributed by atoms with van der Waals surface area (Å²) in [6, 6.07) is 5.59. The van der Waals surface area contributed by atoms with Crippen molar-refractivity contribution in [3.8, 4) is 0 Å². The van der Waals surface area contributed by atoms with Crippen molar-refractivity contribution in [1.29, 1.82) is 0 Å². The zero-order valence-corrected chi connectivity index (χ0v) is 14.1. The van der Waals surface area contributed by atoms with Gasteiger partial charge in [-0.1, -0.05) is 11.2 Å². The molecule has 1 saturated heterocycles. The van der Waals surface area contributed by atoms with E-state index in [1.807, 2.05) is 17.0 Å². The molecule has 3 heterocycles. The van der Waals surface area contributed by atoms with E-state index in [-0.39, 0.29) is 24.2 Å². The van der Waals surface area contributed by atoms with Gasteiger partial charge in [0, 0.05) is 25.0 Å². The van der Waals surface area contributed by atoms with E-state index in [0.717, 1.165) is 18.4 Å². The molecule has 0 bridgehead atoms. The fourth-order valence-corrected chi connectivity index (χ4v) is 3.65. The Labute approximate surface area is 145 Å². The van der Waals surface area contributed by atoms with Crippen LogP contribution >= 0.6 is 0 Å². The number of carbonyl (C=O) groups excluding carboxylic acids is 1. The number of aryl methyl sites for hydroxylation is 1. The lowest BCUT2D eigenvalue weighted by atomic mass is 10.1. The number of hydrogen-bond donors (Lipinski definition) is 0. The van der Waals surface area contributed by atoms with E-state index in [2.05, 4.69) is 10.1 Å². The minimum absolute atomic E-state index is 0.0140. The van der Waals surface area contributed by atoms with Gasteiger partial charge in [0.05, 0.1) is 25.4 Å². The Morgan fingerprint density at radius 2 is 2.36 bits per heavy atom. The lowest BCUT2D eigenvalue weighted by Gasteiger charge is -2.38. The molecule has 3 atom stereocenters. The molecule has 1 aliphatic heterocycles. The van der Waals surface area contributed by atoms with Gasteiger partial charge in [0.25, 0.3) is 5.91 Å². The van der Waals surface area contributed by atoms with Crippen LogP contribution in [0.4, 0.5) is 0 Å². The molecule has 2 aliphatic rings. The number of hydrogen-bond acceptors (Lipinski definition) is 6. The van der Waals surface area contributed by atoms with Gasteiger partial charge in [-0.2, -0.15) is 0 Å². The standard InChI is InChI=1S/C18H21N3O4/c1-12-9-14(20-25-12)18(22)21-7-8-23-17-15(21)4-5-16(17)24-11-13-3-2-6-19-10-13/h2-3,6,9-10,15-17H,4-5,7-8,11H2,1H3/t15-,16-,17-/m0/s1. The van der Waals surface area contributed by atoms with Crippen LogP contribution in [0.15, 0.2) is 35.1 Å². The Hall–Kier alpha value is -2.25. The molecule has 1 saturated carbocycles. The van der Waals surface area contributed by atoms with E-state index in [0.29, 0.717) is 31.2 Å². The smallest absolute Gasteiger partial charge is 0.276 e. The van der Waals surface area contributed by atoms with Crippen LogP contribution in [0.3, 0.4) is 0 Å². The highest BCUT2D eigenvalue weighted by Gasteiger charge is 2.45. The Morgan fingerprint density at radius 3 is 3.12 bits per heavy atom. The normalized spacial score (nSPS) is 25.8. The Bertz CT molecular complexity index is 733. The molecule has 2 aromatic rings. The van der Waals surface area contributed by atoms with Crippen molar-refractivity contribution in [2.24, 2.45) is 0 Å². The first kappa shape index (κ1) is 16.2. The van der Waals surface area contributed by atoms with Crippen molar-refractivity contribution >= 4 is 5.91 Å². The van der Waals surface area contributed by atoms with Gasteiger partial charge in [0.1, 0.15) is 11.9 Å². The molecule has 25 heavy (non-hydrogen) atoms. The molecule has 0 radical (unpaired) electrons. The first-order valence-electron chi connectivity index (χ1n) is 8.59. The van der Waals surface area contributed by atoms with Gasteiger partial charge in [0.2, 0.25) is 0 Å². The molecule has 132 valence electrons. The second kappa shape index (κ2) is 6.93. The number of fused-ring (bicyclic) bond motifs is 1. The molecule has 7 nitrogen and oxygen atoms in total. The average molecular weight is 343 g/mol. The van der Waals surface area contributed by atoms with E-state index in [9.17, 15) is 4.79 Å². The number of morpholine rings is 1. The number of aromatic nitrogens is 2. The zero-order chi connectivity index (χ0) is 17.2. The van der Waals surface area contributed by atoms with Gasteiger partial charge in [-0.25, -0.2) is 0 Å². The van der Waals surface area contributed by atoms with E-state index in [4.69, 9.17) is 14.0 Å². The van der Waals surface area contributed by atoms with Gasteiger partial charge in [-0.3, -0.25) is 9.78 Å². The average Bonchev–Trinajstić information content (AvgIpc) is 3.26. The number of nitrogens with zero attached hydrogens (tertiary/aromatic N) is 3. The van der Waals surface area contributed by atoms with E-state index in [1.54, 1.807) is 25.4 Å². The number of carbonyl (C=O) groups is 1. The topological polar surface area (TPSA) is 77.7 Å². The maximum Gasteiger partial charge on any atom is 0.276 e. The summed E-state index contributed by atoms with van der Waals surface area (Å²) in [5.74, 6) is 0.542. The molecule has 0 spiro atoms. The van der Waals surface area contributed by atoms with Crippen LogP contribution in [0, 0.1) is 6.92 Å². The summed E-state index contributed by atoms with van der Waals surface area (Å²) in [4.78, 5) is 18.7. The maximum atomic E-state index is 12.7. The quantitative estimate of drug-likeness (QED) is 0.845. The van der Waals surface area contributed by atoms with E-state index >= 15 is 0 Å². The largest absolute Gasteiger partial charge is 0.372 e. The summed E-state index contributed by atoms with van der Waals surface area (Å²) in [5, 5.41) is 3.85. The van der Waals surface area contributed by atoms with Gasteiger partial charge in [0.15, 0.2) is 5.69 Å². The Kier molecular flexibility index (Phi) is 4.50. The summed E-state index contributed by atoms with van der Waals surface area (Å²) in [7, 11) is 0. The van der Waals surface area contributed by atoms with Crippen molar-refractivity contribution in [3.63, 3.8) is 0 Å². The zero-order valence-electron chi connectivity index (χ0n) is 14.1. The first-order chi connectivity index (χ1) is 12.2. The lowest BCUT2D eigenvalue weighted by Crippen LogP contribution is -2.53. The molecule has 4 rings (SSSR count). The summed E-state index contributed by atoms with van der Waals surface area (Å²) < 4.78 is 17.0. The SMILES string of the molecule is Cc1cc(C(=O)N2CCO[C@@H]3[C@@H](OCc4cccnc4)CC[C@@H]32)no1. The van der Waals surface area contributed by atoms with Crippen LogP contribution in [-0.2, 0) is 16.1 Å². The van der Waals surface area contributed by atoms with Gasteiger partial charge in [-0.15, -0.1) is 0 Å². The van der Waals surface area contributed by atoms with Gasteiger partial charge >= 0.3 is 0 Å². The molecule has 0 aromatic carbocycles. The molecule has 0 unspecified atom stereocenters. The molecular weight excluding hydrogens is 322 g/mol. The highest BCUT2D eigenvalue weighted by atomic mass is 16.5. The van der Waals surface area contributed by atoms with Crippen molar-refractivity contribution in [2.45, 2.75) is 44.6 Å². The minimum Gasteiger partial charge on any atom is -0.372 e. The van der Waals surface area contributed by atoms with Crippen LogP contribution in [0.1, 0.15) is 34.7 Å². The fraction of sp³-hybridized carbons (Fsp3) is 0.500. The predicted molar refractivity (Wildman–Crippen MR) is 87.9 cm³/mol. The third kappa shape index (κ3) is 3.29. The molecular formula is C18H21N3O4. The number of pyridine rings is 1. The molecule has 1 aliphatic carbocycles. The van der Waals surface area contributed by atoms with Crippen molar-refractivity contribution in [2.75, 3.05) is 13.2 Å². The fourth-order valence-electron chi connectivity index (χ4n) is 3.65.